The number of carbonyl (C=O) groups excluding carboxylic acids is 1. The van der Waals surface area contributed by atoms with Crippen molar-refractivity contribution in [3.8, 4) is 0 Å². The number of hydrogen-bond acceptors (Lipinski definition) is 4. The third-order valence-electron chi connectivity index (χ3n) is 2.85. The van der Waals surface area contributed by atoms with E-state index < -0.39 is 0 Å². The second-order valence-corrected chi connectivity index (χ2v) is 4.37. The number of hydrogen-bond donors (Lipinski definition) is 2. The lowest BCUT2D eigenvalue weighted by molar-refractivity contribution is 0.0936. The molecule has 2 heterocycles. The molecule has 0 bridgehead atoms. The van der Waals surface area contributed by atoms with E-state index in [1.54, 1.807) is 18.5 Å². The highest BCUT2D eigenvalue weighted by molar-refractivity contribution is 5.95. The number of imidazole rings is 1. The lowest BCUT2D eigenvalue weighted by Gasteiger charge is -2.13. The normalized spacial score (nSPS) is 12.2. The Kier molecular flexibility index (Phi) is 3.89. The zero-order valence-corrected chi connectivity index (χ0v) is 11.3. The number of aryl methyl sites for hydroxylation is 2. The molecule has 2 aromatic rings. The minimum Gasteiger partial charge on any atom is -0.347 e. The highest BCUT2D eigenvalue weighted by atomic mass is 16.1. The molecule has 0 saturated heterocycles. The molecule has 0 radical (unpaired) electrons. The summed E-state index contributed by atoms with van der Waals surface area (Å²) >= 11 is 0. The van der Waals surface area contributed by atoms with E-state index in [2.05, 4.69) is 25.5 Å². The van der Waals surface area contributed by atoms with Crippen molar-refractivity contribution in [1.82, 2.24) is 25.5 Å². The van der Waals surface area contributed by atoms with Gasteiger partial charge in [0.25, 0.3) is 5.91 Å². The second kappa shape index (κ2) is 5.60. The van der Waals surface area contributed by atoms with Crippen LogP contribution >= 0.6 is 0 Å². The van der Waals surface area contributed by atoms with E-state index in [1.165, 1.54) is 0 Å². The van der Waals surface area contributed by atoms with Gasteiger partial charge >= 0.3 is 0 Å². The maximum absolute atomic E-state index is 12.3. The Bertz CT molecular complexity index is 564. The summed E-state index contributed by atoms with van der Waals surface area (Å²) in [6, 6.07) is 1.58. The summed E-state index contributed by atoms with van der Waals surface area (Å²) in [7, 11) is 0. The molecular weight excluding hydrogens is 242 g/mol. The first-order chi connectivity index (χ1) is 9.11. The molecule has 0 fully saturated rings. The molecule has 2 rings (SSSR count). The molecule has 0 spiro atoms. The number of nitrogens with one attached hydrogen (secondary N) is 2. The molecular formula is C13H17N5O. The maximum atomic E-state index is 12.3. The van der Waals surface area contributed by atoms with Crippen LogP contribution in [-0.4, -0.2) is 26.1 Å². The molecule has 100 valence electrons. The first-order valence-electron chi connectivity index (χ1n) is 6.25. The number of amides is 1. The third-order valence-corrected chi connectivity index (χ3v) is 2.85. The van der Waals surface area contributed by atoms with Crippen LogP contribution in [0.2, 0.25) is 0 Å². The van der Waals surface area contributed by atoms with Gasteiger partial charge in [0.05, 0.1) is 23.0 Å². The molecule has 0 saturated carbocycles. The average molecular weight is 259 g/mol. The van der Waals surface area contributed by atoms with Crippen molar-refractivity contribution in [3.63, 3.8) is 0 Å². The van der Waals surface area contributed by atoms with Gasteiger partial charge in [-0.05, 0) is 26.3 Å². The molecule has 0 aliphatic carbocycles. The molecule has 0 aromatic carbocycles. The Morgan fingerprint density at radius 3 is 2.89 bits per heavy atom. The SMILES string of the molecule is CCc1nnc(C)cc1C(=O)NC(C)c1ncc[nH]1. The molecule has 2 aromatic heterocycles. The summed E-state index contributed by atoms with van der Waals surface area (Å²) in [4.78, 5) is 19.4. The van der Waals surface area contributed by atoms with Crippen LogP contribution in [0.5, 0.6) is 0 Å². The zero-order chi connectivity index (χ0) is 13.8. The lowest BCUT2D eigenvalue weighted by atomic mass is 10.1. The van der Waals surface area contributed by atoms with Crippen LogP contribution in [0, 0.1) is 6.92 Å². The van der Waals surface area contributed by atoms with Crippen molar-refractivity contribution in [2.45, 2.75) is 33.2 Å². The quantitative estimate of drug-likeness (QED) is 0.872. The van der Waals surface area contributed by atoms with E-state index in [1.807, 2.05) is 20.8 Å². The Morgan fingerprint density at radius 2 is 2.26 bits per heavy atom. The summed E-state index contributed by atoms with van der Waals surface area (Å²) in [6.45, 7) is 5.65. The van der Waals surface area contributed by atoms with E-state index in [0.717, 1.165) is 11.5 Å². The van der Waals surface area contributed by atoms with Gasteiger partial charge in [-0.25, -0.2) is 4.98 Å². The van der Waals surface area contributed by atoms with E-state index in [0.29, 0.717) is 17.7 Å². The Morgan fingerprint density at radius 1 is 1.47 bits per heavy atom. The molecule has 0 aliphatic rings. The fourth-order valence-electron chi connectivity index (χ4n) is 1.83. The number of aromatic nitrogens is 4. The maximum Gasteiger partial charge on any atom is 0.253 e. The van der Waals surface area contributed by atoms with Crippen molar-refractivity contribution in [3.05, 3.63) is 41.2 Å². The standard InChI is InChI=1S/C13H17N5O/c1-4-11-10(7-8(2)17-18-11)13(19)16-9(3)12-14-5-6-15-12/h5-7,9H,4H2,1-3H3,(H,14,15)(H,16,19). The lowest BCUT2D eigenvalue weighted by Crippen LogP contribution is -2.28. The smallest absolute Gasteiger partial charge is 0.253 e. The van der Waals surface area contributed by atoms with Crippen LogP contribution in [0.4, 0.5) is 0 Å². The minimum atomic E-state index is -0.180. The molecule has 1 unspecified atom stereocenters. The summed E-state index contributed by atoms with van der Waals surface area (Å²) in [5.41, 5.74) is 2.01. The van der Waals surface area contributed by atoms with Crippen molar-refractivity contribution in [2.24, 2.45) is 0 Å². The zero-order valence-electron chi connectivity index (χ0n) is 11.3. The number of rotatable bonds is 4. The third kappa shape index (κ3) is 2.96. The van der Waals surface area contributed by atoms with Gasteiger partial charge in [0.15, 0.2) is 0 Å². The van der Waals surface area contributed by atoms with Crippen LogP contribution < -0.4 is 5.32 Å². The molecule has 6 nitrogen and oxygen atoms in total. The van der Waals surface area contributed by atoms with E-state index in [9.17, 15) is 4.79 Å². The van der Waals surface area contributed by atoms with Gasteiger partial charge in [-0.15, -0.1) is 0 Å². The largest absolute Gasteiger partial charge is 0.347 e. The van der Waals surface area contributed by atoms with Crippen LogP contribution in [0.3, 0.4) is 0 Å². The number of H-pyrrole nitrogens is 1. The molecule has 1 atom stereocenters. The number of carbonyl (C=O) groups is 1. The monoisotopic (exact) mass is 259 g/mol. The number of nitrogens with zero attached hydrogens (tertiary/aromatic N) is 3. The van der Waals surface area contributed by atoms with Crippen LogP contribution in [0.25, 0.3) is 0 Å². The minimum absolute atomic E-state index is 0.154. The fourth-order valence-corrected chi connectivity index (χ4v) is 1.83. The van der Waals surface area contributed by atoms with E-state index in [-0.39, 0.29) is 11.9 Å². The first kappa shape index (κ1) is 13.2. The fraction of sp³-hybridized carbons (Fsp3) is 0.385. The van der Waals surface area contributed by atoms with Gasteiger partial charge in [-0.2, -0.15) is 10.2 Å². The predicted molar refractivity (Wildman–Crippen MR) is 70.6 cm³/mol. The average Bonchev–Trinajstić information content (AvgIpc) is 2.92. The van der Waals surface area contributed by atoms with Crippen LogP contribution in [0.1, 0.15) is 47.5 Å². The summed E-state index contributed by atoms with van der Waals surface area (Å²) < 4.78 is 0. The molecule has 0 aliphatic heterocycles. The van der Waals surface area contributed by atoms with Gasteiger partial charge in [0.2, 0.25) is 0 Å². The highest BCUT2D eigenvalue weighted by Gasteiger charge is 2.16. The predicted octanol–water partition coefficient (Wildman–Crippen LogP) is 1.56. The highest BCUT2D eigenvalue weighted by Crippen LogP contribution is 2.11. The van der Waals surface area contributed by atoms with Crippen molar-refractivity contribution < 1.29 is 4.79 Å². The molecule has 2 N–H and O–H groups in total. The van der Waals surface area contributed by atoms with Crippen molar-refractivity contribution in [2.75, 3.05) is 0 Å². The Hall–Kier alpha value is -2.24. The molecule has 19 heavy (non-hydrogen) atoms. The van der Waals surface area contributed by atoms with Gasteiger partial charge in [-0.1, -0.05) is 6.92 Å². The van der Waals surface area contributed by atoms with E-state index in [4.69, 9.17) is 0 Å². The van der Waals surface area contributed by atoms with Crippen molar-refractivity contribution in [1.29, 1.82) is 0 Å². The summed E-state index contributed by atoms with van der Waals surface area (Å²) in [5.74, 6) is 0.573. The molecule has 1 amide bonds. The van der Waals surface area contributed by atoms with Crippen LogP contribution in [0.15, 0.2) is 18.5 Å². The van der Waals surface area contributed by atoms with Gasteiger partial charge in [-0.3, -0.25) is 4.79 Å². The van der Waals surface area contributed by atoms with Gasteiger partial charge < -0.3 is 10.3 Å². The number of aromatic amines is 1. The second-order valence-electron chi connectivity index (χ2n) is 4.37. The molecule has 6 heteroatoms. The summed E-state index contributed by atoms with van der Waals surface area (Å²) in [5, 5.41) is 10.9. The summed E-state index contributed by atoms with van der Waals surface area (Å²) in [6.07, 6.45) is 4.06. The van der Waals surface area contributed by atoms with Gasteiger partial charge in [0, 0.05) is 12.4 Å². The van der Waals surface area contributed by atoms with Crippen molar-refractivity contribution >= 4 is 5.91 Å². The Labute approximate surface area is 111 Å². The topological polar surface area (TPSA) is 83.6 Å². The van der Waals surface area contributed by atoms with Gasteiger partial charge in [0.1, 0.15) is 5.82 Å². The first-order valence-corrected chi connectivity index (χ1v) is 6.25. The Balaban J connectivity index is 2.18. The van der Waals surface area contributed by atoms with Crippen LogP contribution in [-0.2, 0) is 6.42 Å². The van der Waals surface area contributed by atoms with E-state index >= 15 is 0 Å².